The molecule has 1 saturated heterocycles. The van der Waals surface area contributed by atoms with Gasteiger partial charge in [0, 0.05) is 41.8 Å². The van der Waals surface area contributed by atoms with E-state index in [1.54, 1.807) is 55.5 Å². The van der Waals surface area contributed by atoms with Crippen LogP contribution in [0.15, 0.2) is 82.8 Å². The average molecular weight is 575 g/mol. The summed E-state index contributed by atoms with van der Waals surface area (Å²) in [6.45, 7) is 1.02. The molecular formula is C25H26N4O6S3. The zero-order chi connectivity index (χ0) is 27.2. The number of fused-ring (bicyclic) bond motifs is 2. The summed E-state index contributed by atoms with van der Waals surface area (Å²) in [4.78, 5) is 8.35. The molecule has 13 heteroatoms. The van der Waals surface area contributed by atoms with Gasteiger partial charge in [-0.1, -0.05) is 36.4 Å². The molecule has 0 aliphatic carbocycles. The molecule has 1 atom stereocenters. The van der Waals surface area contributed by atoms with Gasteiger partial charge in [-0.2, -0.15) is 4.31 Å². The third-order valence-electron chi connectivity index (χ3n) is 6.74. The highest BCUT2D eigenvalue weighted by Gasteiger charge is 2.48. The summed E-state index contributed by atoms with van der Waals surface area (Å²) in [5.74, 6) is -0.520. The number of aromatic nitrogens is 2. The first-order valence-corrected chi connectivity index (χ1v) is 16.6. The molecule has 38 heavy (non-hydrogen) atoms. The van der Waals surface area contributed by atoms with Crippen molar-refractivity contribution in [1.29, 1.82) is 0 Å². The van der Waals surface area contributed by atoms with E-state index in [-0.39, 0.29) is 46.3 Å². The van der Waals surface area contributed by atoms with E-state index in [1.807, 2.05) is 0 Å². The molecule has 0 spiro atoms. The maximum absolute atomic E-state index is 14.1. The Hall–Kier alpha value is -2.97. The van der Waals surface area contributed by atoms with Crippen LogP contribution in [0.4, 0.5) is 0 Å². The van der Waals surface area contributed by atoms with Gasteiger partial charge < -0.3 is 0 Å². The van der Waals surface area contributed by atoms with Crippen LogP contribution in [0.2, 0.25) is 0 Å². The Bertz CT molecular complexity index is 1850. The third-order valence-corrected chi connectivity index (χ3v) is 12.2. The fourth-order valence-corrected chi connectivity index (χ4v) is 10.3. The molecule has 1 aliphatic rings. The van der Waals surface area contributed by atoms with Gasteiger partial charge in [-0.05, 0) is 37.6 Å². The van der Waals surface area contributed by atoms with Crippen molar-refractivity contribution in [3.63, 3.8) is 0 Å². The number of pyridine rings is 2. The normalized spacial score (nSPS) is 19.8. The van der Waals surface area contributed by atoms with Gasteiger partial charge >= 0.3 is 0 Å². The number of nitrogens with zero attached hydrogens (tertiary/aromatic N) is 3. The number of para-hydroxylation sites is 2. The second kappa shape index (κ2) is 9.65. The molecule has 0 radical (unpaired) electrons. The summed E-state index contributed by atoms with van der Waals surface area (Å²) in [5, 5.41) is 1.26. The summed E-state index contributed by atoms with van der Waals surface area (Å²) in [6.07, 6.45) is 3.07. The lowest BCUT2D eigenvalue weighted by Crippen LogP contribution is -2.53. The van der Waals surface area contributed by atoms with E-state index >= 15 is 0 Å². The van der Waals surface area contributed by atoms with Crippen LogP contribution < -0.4 is 4.72 Å². The molecule has 2 aromatic heterocycles. The molecule has 1 aliphatic heterocycles. The van der Waals surface area contributed by atoms with Crippen molar-refractivity contribution >= 4 is 51.7 Å². The van der Waals surface area contributed by atoms with Crippen molar-refractivity contribution in [1.82, 2.24) is 19.0 Å². The van der Waals surface area contributed by atoms with Gasteiger partial charge in [0.05, 0.1) is 22.5 Å². The maximum atomic E-state index is 14.1. The molecule has 5 rings (SSSR count). The lowest BCUT2D eigenvalue weighted by Gasteiger charge is -2.36. The van der Waals surface area contributed by atoms with Crippen molar-refractivity contribution in [2.75, 3.05) is 24.6 Å². The molecule has 3 heterocycles. The molecule has 1 N–H and O–H groups in total. The van der Waals surface area contributed by atoms with Crippen molar-refractivity contribution in [2.24, 2.45) is 0 Å². The van der Waals surface area contributed by atoms with Crippen LogP contribution in [-0.4, -0.2) is 69.7 Å². The standard InChI is InChI=1S/C25H26N4O6S3/c1-25(12-17-36(30,31)18-25)29(38(34,35)22-11-3-7-20-9-5-14-27-24(20)22)16-15-28-37(32,33)21-10-2-6-19-8-4-13-26-23(19)21/h2-11,13-14,28H,12,15-18H2,1H3/t25-/m0/s1. The van der Waals surface area contributed by atoms with Crippen LogP contribution in [0, 0.1) is 0 Å². The second-order valence-electron chi connectivity index (χ2n) is 9.48. The Balaban J connectivity index is 1.50. The first kappa shape index (κ1) is 26.6. The van der Waals surface area contributed by atoms with Crippen molar-refractivity contribution in [3.8, 4) is 0 Å². The third kappa shape index (κ3) is 4.92. The van der Waals surface area contributed by atoms with Crippen LogP contribution in [0.3, 0.4) is 0 Å². The monoisotopic (exact) mass is 574 g/mol. The highest BCUT2D eigenvalue weighted by molar-refractivity contribution is 7.92. The molecule has 200 valence electrons. The number of hydrogen-bond donors (Lipinski definition) is 1. The lowest BCUT2D eigenvalue weighted by molar-refractivity contribution is 0.236. The molecule has 0 saturated carbocycles. The van der Waals surface area contributed by atoms with Gasteiger partial charge in [0.2, 0.25) is 20.0 Å². The second-order valence-corrected chi connectivity index (χ2v) is 15.2. The van der Waals surface area contributed by atoms with Gasteiger partial charge in [-0.25, -0.2) is 30.0 Å². The Morgan fingerprint density at radius 1 is 0.868 bits per heavy atom. The number of hydrogen-bond acceptors (Lipinski definition) is 8. The number of sulfone groups is 1. The van der Waals surface area contributed by atoms with Crippen molar-refractivity contribution in [3.05, 3.63) is 73.1 Å². The van der Waals surface area contributed by atoms with Crippen LogP contribution >= 0.6 is 0 Å². The van der Waals surface area contributed by atoms with Gasteiger partial charge in [0.25, 0.3) is 0 Å². The van der Waals surface area contributed by atoms with Crippen molar-refractivity contribution < 1.29 is 25.3 Å². The van der Waals surface area contributed by atoms with Gasteiger partial charge in [-0.15, -0.1) is 0 Å². The maximum Gasteiger partial charge on any atom is 0.245 e. The molecule has 0 amide bonds. The van der Waals surface area contributed by atoms with Crippen molar-refractivity contribution in [2.45, 2.75) is 28.7 Å². The molecule has 0 bridgehead atoms. The molecule has 2 aromatic carbocycles. The van der Waals surface area contributed by atoms with E-state index in [0.717, 1.165) is 4.31 Å². The number of sulfonamides is 2. The van der Waals surface area contributed by atoms with Crippen LogP contribution in [0.5, 0.6) is 0 Å². The Morgan fingerprint density at radius 3 is 2.00 bits per heavy atom. The molecule has 10 nitrogen and oxygen atoms in total. The van der Waals surface area contributed by atoms with Crippen LogP contribution in [-0.2, 0) is 29.9 Å². The largest absolute Gasteiger partial charge is 0.255 e. The predicted molar refractivity (Wildman–Crippen MR) is 144 cm³/mol. The first-order chi connectivity index (χ1) is 17.9. The zero-order valence-electron chi connectivity index (χ0n) is 20.5. The fraction of sp³-hybridized carbons (Fsp3) is 0.280. The van der Waals surface area contributed by atoms with E-state index < -0.39 is 35.4 Å². The van der Waals surface area contributed by atoms with E-state index in [1.165, 1.54) is 24.5 Å². The lowest BCUT2D eigenvalue weighted by atomic mass is 10.0. The number of rotatable bonds is 8. The summed E-state index contributed by atoms with van der Waals surface area (Å²) in [7, 11) is -11.8. The molecule has 0 unspecified atom stereocenters. The predicted octanol–water partition coefficient (Wildman–Crippen LogP) is 2.33. The topological polar surface area (TPSA) is 143 Å². The quantitative estimate of drug-likeness (QED) is 0.338. The van der Waals surface area contributed by atoms with Crippen LogP contribution in [0.1, 0.15) is 13.3 Å². The highest BCUT2D eigenvalue weighted by atomic mass is 32.2. The summed E-state index contributed by atoms with van der Waals surface area (Å²) < 4.78 is 82.9. The van der Waals surface area contributed by atoms with E-state index in [4.69, 9.17) is 0 Å². The summed E-state index contributed by atoms with van der Waals surface area (Å²) in [5.41, 5.74) is -0.712. The highest BCUT2D eigenvalue weighted by Crippen LogP contribution is 2.35. The fourth-order valence-electron chi connectivity index (χ4n) is 4.93. The summed E-state index contributed by atoms with van der Waals surface area (Å²) in [6, 6.07) is 16.4. The molecular weight excluding hydrogens is 548 g/mol. The minimum atomic E-state index is -4.28. The zero-order valence-corrected chi connectivity index (χ0v) is 22.9. The minimum Gasteiger partial charge on any atom is -0.255 e. The van der Waals surface area contributed by atoms with E-state index in [0.29, 0.717) is 16.3 Å². The average Bonchev–Trinajstić information content (AvgIpc) is 3.18. The SMILES string of the molecule is C[C@]1(N(CCNS(=O)(=O)c2cccc3cccnc23)S(=O)(=O)c2cccc3cccnc23)CCS(=O)(=O)C1. The summed E-state index contributed by atoms with van der Waals surface area (Å²) >= 11 is 0. The number of nitrogens with one attached hydrogen (secondary N) is 1. The molecule has 1 fully saturated rings. The van der Waals surface area contributed by atoms with E-state index in [9.17, 15) is 25.3 Å². The van der Waals surface area contributed by atoms with Gasteiger partial charge in [0.15, 0.2) is 9.84 Å². The Kier molecular flexibility index (Phi) is 6.76. The Labute approximate surface area is 221 Å². The van der Waals surface area contributed by atoms with Gasteiger partial charge in [0.1, 0.15) is 9.79 Å². The van der Waals surface area contributed by atoms with E-state index in [2.05, 4.69) is 14.7 Å². The first-order valence-electron chi connectivity index (χ1n) is 11.8. The molecule has 4 aromatic rings. The minimum absolute atomic E-state index is 0.0297. The van der Waals surface area contributed by atoms with Gasteiger partial charge in [-0.3, -0.25) is 9.97 Å². The Morgan fingerprint density at radius 2 is 1.42 bits per heavy atom. The number of benzene rings is 2. The smallest absolute Gasteiger partial charge is 0.245 e. The van der Waals surface area contributed by atoms with Crippen LogP contribution in [0.25, 0.3) is 21.8 Å².